The largest absolute Gasteiger partial charge is 0.497 e. The van der Waals surface area contributed by atoms with Crippen LogP contribution in [0.15, 0.2) is 36.4 Å². The summed E-state index contributed by atoms with van der Waals surface area (Å²) in [5.41, 5.74) is 4.56. The van der Waals surface area contributed by atoms with E-state index in [1.807, 2.05) is 37.3 Å². The standard InChI is InChI=1S/C18H26O2Si/c1-6-7-16(12-13-21(3,4)5)14-20-15-17-8-10-18(19-2)11-9-17/h6-11,16H,14-15H2,1-5H3/b7-6+. The summed E-state index contributed by atoms with van der Waals surface area (Å²) >= 11 is 0. The highest BCUT2D eigenvalue weighted by molar-refractivity contribution is 6.83. The highest BCUT2D eigenvalue weighted by atomic mass is 28.3. The zero-order chi connectivity index (χ0) is 15.7. The van der Waals surface area contributed by atoms with Crippen molar-refractivity contribution in [2.24, 2.45) is 5.92 Å². The van der Waals surface area contributed by atoms with Crippen molar-refractivity contribution in [2.45, 2.75) is 33.2 Å². The van der Waals surface area contributed by atoms with Crippen LogP contribution in [0.5, 0.6) is 5.75 Å². The summed E-state index contributed by atoms with van der Waals surface area (Å²) in [6, 6.07) is 7.95. The van der Waals surface area contributed by atoms with Crippen molar-refractivity contribution in [3.05, 3.63) is 42.0 Å². The predicted octanol–water partition coefficient (Wildman–Crippen LogP) is 4.28. The van der Waals surface area contributed by atoms with Crippen molar-refractivity contribution in [1.29, 1.82) is 0 Å². The Morgan fingerprint density at radius 2 is 1.86 bits per heavy atom. The molecule has 1 aromatic carbocycles. The van der Waals surface area contributed by atoms with Crippen LogP contribution in [-0.4, -0.2) is 21.8 Å². The van der Waals surface area contributed by atoms with Gasteiger partial charge in [-0.1, -0.05) is 43.9 Å². The summed E-state index contributed by atoms with van der Waals surface area (Å²) < 4.78 is 10.9. The molecule has 0 aliphatic carbocycles. The van der Waals surface area contributed by atoms with Gasteiger partial charge >= 0.3 is 0 Å². The topological polar surface area (TPSA) is 18.5 Å². The molecule has 0 aliphatic rings. The quantitative estimate of drug-likeness (QED) is 0.443. The van der Waals surface area contributed by atoms with Crippen molar-refractivity contribution in [3.63, 3.8) is 0 Å². The van der Waals surface area contributed by atoms with E-state index in [9.17, 15) is 0 Å². The van der Waals surface area contributed by atoms with E-state index in [-0.39, 0.29) is 5.92 Å². The zero-order valence-corrected chi connectivity index (χ0v) is 14.8. The third kappa shape index (κ3) is 7.74. The van der Waals surface area contributed by atoms with Crippen LogP contribution < -0.4 is 4.74 Å². The molecule has 1 aromatic rings. The first-order chi connectivity index (χ1) is 9.94. The number of methoxy groups -OCH3 is 1. The second-order valence-corrected chi connectivity index (χ2v) is 10.8. The van der Waals surface area contributed by atoms with Gasteiger partial charge in [-0.2, -0.15) is 0 Å². The Bertz CT molecular complexity index is 501. The minimum atomic E-state index is -1.33. The van der Waals surface area contributed by atoms with E-state index < -0.39 is 8.07 Å². The first-order valence-corrected chi connectivity index (χ1v) is 10.8. The Kier molecular flexibility index (Phi) is 7.28. The molecule has 0 fully saturated rings. The molecular formula is C18H26O2Si. The Morgan fingerprint density at radius 3 is 2.38 bits per heavy atom. The summed E-state index contributed by atoms with van der Waals surface area (Å²) in [7, 11) is 0.344. The Morgan fingerprint density at radius 1 is 1.19 bits per heavy atom. The summed E-state index contributed by atoms with van der Waals surface area (Å²) in [5.74, 6) is 4.39. The first kappa shape index (κ1) is 17.5. The minimum Gasteiger partial charge on any atom is -0.497 e. The van der Waals surface area contributed by atoms with Crippen LogP contribution in [0, 0.1) is 17.4 Å². The number of hydrogen-bond donors (Lipinski definition) is 0. The molecule has 114 valence electrons. The molecule has 0 saturated carbocycles. The highest BCUT2D eigenvalue weighted by Crippen LogP contribution is 2.12. The molecule has 1 unspecified atom stereocenters. The molecule has 21 heavy (non-hydrogen) atoms. The summed E-state index contributed by atoms with van der Waals surface area (Å²) in [4.78, 5) is 0. The van der Waals surface area contributed by atoms with Gasteiger partial charge in [-0.3, -0.25) is 0 Å². The fourth-order valence-corrected chi connectivity index (χ4v) is 2.33. The smallest absolute Gasteiger partial charge is 0.129 e. The van der Waals surface area contributed by atoms with Crippen molar-refractivity contribution in [2.75, 3.05) is 13.7 Å². The normalized spacial score (nSPS) is 12.8. The van der Waals surface area contributed by atoms with Gasteiger partial charge in [0.05, 0.1) is 26.2 Å². The van der Waals surface area contributed by atoms with E-state index in [0.717, 1.165) is 11.3 Å². The van der Waals surface area contributed by atoms with Gasteiger partial charge in [-0.15, -0.1) is 11.5 Å². The Labute approximate surface area is 130 Å². The molecular weight excluding hydrogens is 276 g/mol. The van der Waals surface area contributed by atoms with Crippen LogP contribution in [0.1, 0.15) is 12.5 Å². The number of ether oxygens (including phenoxy) is 2. The first-order valence-electron chi connectivity index (χ1n) is 7.31. The maximum Gasteiger partial charge on any atom is 0.129 e. The molecule has 0 spiro atoms. The zero-order valence-electron chi connectivity index (χ0n) is 13.8. The lowest BCUT2D eigenvalue weighted by Crippen LogP contribution is -2.17. The van der Waals surface area contributed by atoms with Gasteiger partial charge in [0.2, 0.25) is 0 Å². The lowest BCUT2D eigenvalue weighted by Gasteiger charge is -2.10. The van der Waals surface area contributed by atoms with Gasteiger partial charge in [0.15, 0.2) is 0 Å². The summed E-state index contributed by atoms with van der Waals surface area (Å²) in [6.45, 7) is 10.0. The molecule has 1 rings (SSSR count). The SMILES string of the molecule is C/C=C/C(C#C[Si](C)(C)C)COCc1ccc(OC)cc1. The third-order valence-electron chi connectivity index (χ3n) is 2.78. The lowest BCUT2D eigenvalue weighted by molar-refractivity contribution is 0.111. The van der Waals surface area contributed by atoms with E-state index in [4.69, 9.17) is 9.47 Å². The Hall–Kier alpha value is -1.50. The van der Waals surface area contributed by atoms with E-state index >= 15 is 0 Å². The van der Waals surface area contributed by atoms with Crippen LogP contribution in [-0.2, 0) is 11.3 Å². The molecule has 2 nitrogen and oxygen atoms in total. The number of hydrogen-bond acceptors (Lipinski definition) is 2. The predicted molar refractivity (Wildman–Crippen MR) is 92.1 cm³/mol. The summed E-state index contributed by atoms with van der Waals surface area (Å²) in [5, 5.41) is 0. The molecule has 0 aromatic heterocycles. The minimum absolute atomic E-state index is 0.181. The monoisotopic (exact) mass is 302 g/mol. The van der Waals surface area contributed by atoms with Gasteiger partial charge in [0, 0.05) is 0 Å². The van der Waals surface area contributed by atoms with Crippen molar-refractivity contribution < 1.29 is 9.47 Å². The second kappa shape index (κ2) is 8.71. The Balaban J connectivity index is 2.51. The van der Waals surface area contributed by atoms with E-state index in [2.05, 4.69) is 37.2 Å². The van der Waals surface area contributed by atoms with Crippen LogP contribution in [0.4, 0.5) is 0 Å². The molecule has 0 heterocycles. The molecule has 0 N–H and O–H groups in total. The number of rotatable bonds is 6. The number of allylic oxidation sites excluding steroid dienone is 1. The maximum atomic E-state index is 5.79. The fraction of sp³-hybridized carbons (Fsp3) is 0.444. The van der Waals surface area contributed by atoms with Gasteiger partial charge in [0.25, 0.3) is 0 Å². The van der Waals surface area contributed by atoms with Crippen LogP contribution in [0.2, 0.25) is 19.6 Å². The van der Waals surface area contributed by atoms with Crippen molar-refractivity contribution in [3.8, 4) is 17.2 Å². The second-order valence-electron chi connectivity index (χ2n) is 6.01. The highest BCUT2D eigenvalue weighted by Gasteiger charge is 2.09. The lowest BCUT2D eigenvalue weighted by atomic mass is 10.1. The third-order valence-corrected chi connectivity index (χ3v) is 3.68. The van der Waals surface area contributed by atoms with Gasteiger partial charge in [0.1, 0.15) is 13.8 Å². The van der Waals surface area contributed by atoms with Crippen LogP contribution in [0.25, 0.3) is 0 Å². The molecule has 0 amide bonds. The molecule has 1 atom stereocenters. The fourth-order valence-electron chi connectivity index (χ4n) is 1.71. The molecule has 0 aliphatic heterocycles. The van der Waals surface area contributed by atoms with Gasteiger partial charge < -0.3 is 9.47 Å². The molecule has 0 bridgehead atoms. The maximum absolute atomic E-state index is 5.79. The van der Waals surface area contributed by atoms with E-state index in [0.29, 0.717) is 13.2 Å². The van der Waals surface area contributed by atoms with Crippen molar-refractivity contribution in [1.82, 2.24) is 0 Å². The van der Waals surface area contributed by atoms with E-state index in [1.165, 1.54) is 0 Å². The molecule has 0 radical (unpaired) electrons. The van der Waals surface area contributed by atoms with Crippen LogP contribution >= 0.6 is 0 Å². The van der Waals surface area contributed by atoms with Crippen molar-refractivity contribution >= 4 is 8.07 Å². The molecule has 0 saturated heterocycles. The van der Waals surface area contributed by atoms with E-state index in [1.54, 1.807) is 7.11 Å². The molecule has 3 heteroatoms. The van der Waals surface area contributed by atoms with Crippen LogP contribution in [0.3, 0.4) is 0 Å². The van der Waals surface area contributed by atoms with Gasteiger partial charge in [-0.05, 0) is 24.6 Å². The average Bonchev–Trinajstić information content (AvgIpc) is 2.44. The average molecular weight is 302 g/mol. The summed E-state index contributed by atoms with van der Waals surface area (Å²) in [6.07, 6.45) is 4.15. The number of benzene rings is 1. The van der Waals surface area contributed by atoms with Gasteiger partial charge in [-0.25, -0.2) is 0 Å².